The lowest BCUT2D eigenvalue weighted by atomic mass is 9.94. The molecule has 0 radical (unpaired) electrons. The van der Waals surface area contributed by atoms with Crippen molar-refractivity contribution < 1.29 is 28.4 Å². The van der Waals surface area contributed by atoms with E-state index in [-0.39, 0.29) is 0 Å². The van der Waals surface area contributed by atoms with Crippen molar-refractivity contribution in [3.63, 3.8) is 0 Å². The Morgan fingerprint density at radius 2 is 0.507 bits per heavy atom. The lowest BCUT2D eigenvalue weighted by Gasteiger charge is -2.18. The van der Waals surface area contributed by atoms with Gasteiger partial charge in [-0.05, 0) is 176 Å². The summed E-state index contributed by atoms with van der Waals surface area (Å²) in [6, 6.07) is 50.1. The third-order valence-electron chi connectivity index (χ3n) is 12.7. The first-order valence-corrected chi connectivity index (χ1v) is 23.0. The highest BCUT2D eigenvalue weighted by Gasteiger charge is 2.23. The highest BCUT2D eigenvalue weighted by molar-refractivity contribution is 5.65. The molecule has 0 amide bonds. The van der Waals surface area contributed by atoms with Gasteiger partial charge in [0.2, 0.25) is 0 Å². The molecule has 0 saturated carbocycles. The van der Waals surface area contributed by atoms with Gasteiger partial charge in [0.25, 0.3) is 0 Å². The van der Waals surface area contributed by atoms with E-state index >= 15 is 0 Å². The zero-order valence-corrected chi connectivity index (χ0v) is 38.9. The summed E-state index contributed by atoms with van der Waals surface area (Å²) in [5.41, 5.74) is 16.6. The van der Waals surface area contributed by atoms with Crippen molar-refractivity contribution >= 4 is 0 Å². The van der Waals surface area contributed by atoms with Crippen LogP contribution in [0.3, 0.4) is 0 Å². The summed E-state index contributed by atoms with van der Waals surface area (Å²) in [4.78, 5) is 12.5. The molecule has 3 aromatic heterocycles. The van der Waals surface area contributed by atoms with Crippen LogP contribution in [-0.2, 0) is 39.1 Å². The molecule has 0 saturated heterocycles. The van der Waals surface area contributed by atoms with Crippen molar-refractivity contribution in [1.29, 1.82) is 0 Å². The minimum Gasteiger partial charge on any atom is -0.493 e. The second-order valence-corrected chi connectivity index (χ2v) is 17.0. The van der Waals surface area contributed by atoms with Crippen molar-refractivity contribution in [3.05, 3.63) is 233 Å². The predicted octanol–water partition coefficient (Wildman–Crippen LogP) is 12.7. The number of aromatic nitrogens is 3. The molecule has 69 heavy (non-hydrogen) atoms. The fourth-order valence-corrected chi connectivity index (χ4v) is 8.85. The van der Waals surface area contributed by atoms with Crippen LogP contribution in [0.4, 0.5) is 0 Å². The molecular formula is C60H51N3O6. The lowest BCUT2D eigenvalue weighted by Crippen LogP contribution is -2.04. The Labute approximate surface area is 403 Å². The largest absolute Gasteiger partial charge is 0.493 e. The molecule has 0 fully saturated rings. The van der Waals surface area contributed by atoms with Gasteiger partial charge in [-0.2, -0.15) is 0 Å². The topological polar surface area (TPSA) is 94.1 Å². The minimum absolute atomic E-state index is 0.374. The summed E-state index contributed by atoms with van der Waals surface area (Å²) in [7, 11) is 5.08. The number of fused-ring (bicyclic) bond motifs is 3. The summed E-state index contributed by atoms with van der Waals surface area (Å²) in [5.74, 6) is 4.01. The first-order chi connectivity index (χ1) is 34.0. The van der Waals surface area contributed by atoms with Gasteiger partial charge >= 0.3 is 0 Å². The Kier molecular flexibility index (Phi) is 13.3. The van der Waals surface area contributed by atoms with E-state index in [9.17, 15) is 0 Å². The third kappa shape index (κ3) is 10.3. The smallest absolute Gasteiger partial charge is 0.161 e. The molecule has 0 atom stereocenters. The monoisotopic (exact) mass is 909 g/mol. The highest BCUT2D eigenvalue weighted by Crippen LogP contribution is 2.42. The molecule has 0 aliphatic heterocycles. The maximum Gasteiger partial charge on any atom is 0.161 e. The van der Waals surface area contributed by atoms with E-state index in [2.05, 4.69) is 124 Å². The molecule has 9 heteroatoms. The maximum absolute atomic E-state index is 6.59. The normalized spacial score (nSPS) is 11.7. The molecule has 10 rings (SSSR count). The first kappa shape index (κ1) is 44.4. The van der Waals surface area contributed by atoms with Gasteiger partial charge in [0, 0.05) is 37.2 Å². The molecule has 0 bridgehead atoms. The van der Waals surface area contributed by atoms with Gasteiger partial charge < -0.3 is 28.4 Å². The van der Waals surface area contributed by atoms with Gasteiger partial charge in [-0.3, -0.25) is 15.0 Å². The number of pyridine rings is 3. The van der Waals surface area contributed by atoms with Gasteiger partial charge in [-0.25, -0.2) is 0 Å². The summed E-state index contributed by atoms with van der Waals surface area (Å²) >= 11 is 0. The lowest BCUT2D eigenvalue weighted by molar-refractivity contribution is 0.283. The van der Waals surface area contributed by atoms with Crippen LogP contribution in [0, 0.1) is 0 Å². The van der Waals surface area contributed by atoms with Crippen LogP contribution < -0.4 is 28.4 Å². The Balaban J connectivity index is 0.977. The van der Waals surface area contributed by atoms with E-state index in [4.69, 9.17) is 28.4 Å². The first-order valence-electron chi connectivity index (χ1n) is 23.0. The van der Waals surface area contributed by atoms with Crippen LogP contribution >= 0.6 is 0 Å². The Morgan fingerprint density at radius 1 is 0.290 bits per heavy atom. The average molecular weight is 910 g/mol. The van der Waals surface area contributed by atoms with Crippen molar-refractivity contribution in [2.75, 3.05) is 21.3 Å². The van der Waals surface area contributed by atoms with E-state index in [1.54, 1.807) is 21.3 Å². The van der Waals surface area contributed by atoms with Gasteiger partial charge in [0.05, 0.1) is 21.3 Å². The van der Waals surface area contributed by atoms with Gasteiger partial charge in [-0.1, -0.05) is 72.8 Å². The van der Waals surface area contributed by atoms with Crippen molar-refractivity contribution in [3.8, 4) is 67.9 Å². The molecule has 1 aliphatic rings. The molecular weight excluding hydrogens is 859 g/mol. The molecule has 6 aromatic carbocycles. The van der Waals surface area contributed by atoms with E-state index < -0.39 is 0 Å². The van der Waals surface area contributed by atoms with E-state index in [1.165, 1.54) is 0 Å². The second kappa shape index (κ2) is 20.6. The summed E-state index contributed by atoms with van der Waals surface area (Å²) in [6.45, 7) is 1.12. The van der Waals surface area contributed by atoms with Crippen molar-refractivity contribution in [1.82, 2.24) is 15.0 Å². The number of ether oxygens (including phenoxy) is 6. The van der Waals surface area contributed by atoms with Crippen molar-refractivity contribution in [2.24, 2.45) is 0 Å². The van der Waals surface area contributed by atoms with Crippen LogP contribution in [0.2, 0.25) is 0 Å². The van der Waals surface area contributed by atoms with Gasteiger partial charge in [0.1, 0.15) is 19.8 Å². The van der Waals surface area contributed by atoms with Gasteiger partial charge in [-0.15, -0.1) is 0 Å². The van der Waals surface area contributed by atoms with E-state index in [1.807, 2.05) is 73.6 Å². The average Bonchev–Trinajstić information content (AvgIpc) is 3.47. The molecule has 0 spiro atoms. The standard InChI is InChI=1S/C60H51N3O6/c1-64-55-31-49-28-53-35-59(68-38-41-6-12-44(13-7-41)47-18-24-62-25-19-47)57(66-3)33-51(53)30-54-36-60(69-39-42-8-14-45(15-9-42)48-20-26-63-27-21-48)56(65-2)32-50(54)29-52(49)34-58(55)67-37-40-4-10-43(11-5-40)46-16-22-61-23-17-46/h4-27,31-36H,28-30,37-39H2,1-3H3. The summed E-state index contributed by atoms with van der Waals surface area (Å²) in [6.07, 6.45) is 12.7. The number of nitrogens with zero attached hydrogens (tertiary/aromatic N) is 3. The van der Waals surface area contributed by atoms with Gasteiger partial charge in [0.15, 0.2) is 34.5 Å². The molecule has 3 heterocycles. The van der Waals surface area contributed by atoms with Crippen LogP contribution in [0.25, 0.3) is 33.4 Å². The molecule has 0 N–H and O–H groups in total. The summed E-state index contributed by atoms with van der Waals surface area (Å²) in [5, 5.41) is 0. The molecule has 9 nitrogen and oxygen atoms in total. The Morgan fingerprint density at radius 3 is 0.739 bits per heavy atom. The minimum atomic E-state index is 0.374. The number of hydrogen-bond acceptors (Lipinski definition) is 9. The molecule has 1 aliphatic carbocycles. The van der Waals surface area contributed by atoms with Crippen LogP contribution in [0.1, 0.15) is 50.1 Å². The zero-order valence-electron chi connectivity index (χ0n) is 38.9. The SMILES string of the molecule is COc1cc2c(cc1OCc1ccc(-c3ccncc3)cc1)Cc1cc(OC)c(OCc3ccc(-c4ccncc4)cc3)cc1Cc1cc(OC)c(OCc3ccc(-c4ccncc4)cc3)cc1C2. The molecule has 342 valence electrons. The number of rotatable bonds is 15. The third-order valence-corrected chi connectivity index (χ3v) is 12.7. The number of methoxy groups -OCH3 is 3. The predicted molar refractivity (Wildman–Crippen MR) is 269 cm³/mol. The van der Waals surface area contributed by atoms with Crippen molar-refractivity contribution in [2.45, 2.75) is 39.1 Å². The Bertz CT molecular complexity index is 2820. The highest BCUT2D eigenvalue weighted by atomic mass is 16.5. The maximum atomic E-state index is 6.59. The van der Waals surface area contributed by atoms with Crippen LogP contribution in [0.5, 0.6) is 34.5 Å². The molecule has 9 aromatic rings. The van der Waals surface area contributed by atoms with Crippen LogP contribution in [0.15, 0.2) is 183 Å². The zero-order chi connectivity index (χ0) is 46.9. The fourth-order valence-electron chi connectivity index (χ4n) is 8.85. The Hall–Kier alpha value is -8.43. The summed E-state index contributed by atoms with van der Waals surface area (Å²) < 4.78 is 37.9. The quantitative estimate of drug-likeness (QED) is 0.0996. The van der Waals surface area contributed by atoms with Crippen LogP contribution in [-0.4, -0.2) is 36.3 Å². The number of benzene rings is 6. The molecule has 0 unspecified atom stereocenters. The van der Waals surface area contributed by atoms with E-state index in [0.717, 1.165) is 83.5 Å². The van der Waals surface area contributed by atoms with E-state index in [0.29, 0.717) is 73.6 Å². The number of hydrogen-bond donors (Lipinski definition) is 0. The second-order valence-electron chi connectivity index (χ2n) is 17.0. The fraction of sp³-hybridized carbons (Fsp3) is 0.150.